The molecule has 7 nitrogen and oxygen atoms in total. The molecule has 19 heavy (non-hydrogen) atoms. The molecule has 1 aromatic carbocycles. The molecule has 102 valence electrons. The first kappa shape index (κ1) is 14.8. The van der Waals surface area contributed by atoms with E-state index >= 15 is 0 Å². The smallest absolute Gasteiger partial charge is 0.337 e. The van der Waals surface area contributed by atoms with E-state index in [2.05, 4.69) is 10.6 Å². The lowest BCUT2D eigenvalue weighted by Gasteiger charge is -2.08. The van der Waals surface area contributed by atoms with Crippen LogP contribution in [-0.4, -0.2) is 29.6 Å². The molecule has 5 N–H and O–H groups in total. The van der Waals surface area contributed by atoms with Gasteiger partial charge in [0.25, 0.3) is 0 Å². The number of nitrogens with two attached hydrogens (primary N) is 1. The van der Waals surface area contributed by atoms with Gasteiger partial charge in [-0.1, -0.05) is 11.6 Å². The first-order chi connectivity index (χ1) is 8.90. The Morgan fingerprint density at radius 1 is 1.32 bits per heavy atom. The summed E-state index contributed by atoms with van der Waals surface area (Å²) in [6.07, 6.45) is 0.0339. The number of amides is 3. The quantitative estimate of drug-likeness (QED) is 0.645. The van der Waals surface area contributed by atoms with Crippen LogP contribution >= 0.6 is 11.6 Å². The molecule has 0 spiro atoms. The number of primary amides is 1. The number of hydrogen-bond donors (Lipinski definition) is 4. The highest BCUT2D eigenvalue weighted by molar-refractivity contribution is 6.33. The zero-order chi connectivity index (χ0) is 14.4. The molecule has 1 rings (SSSR count). The Balaban J connectivity index is 2.58. The predicted molar refractivity (Wildman–Crippen MR) is 69.2 cm³/mol. The SMILES string of the molecule is NC(=O)CCNC(=O)Nc1ccc(C(=O)O)c(Cl)c1. The largest absolute Gasteiger partial charge is 0.478 e. The number of carboxylic acid groups (broad SMARTS) is 1. The van der Waals surface area contributed by atoms with Crippen LogP contribution in [0.25, 0.3) is 0 Å². The summed E-state index contributed by atoms with van der Waals surface area (Å²) in [6, 6.07) is 3.46. The first-order valence-corrected chi connectivity index (χ1v) is 5.64. The molecule has 0 fully saturated rings. The summed E-state index contributed by atoms with van der Waals surface area (Å²) in [4.78, 5) is 32.6. The number of benzene rings is 1. The van der Waals surface area contributed by atoms with Crippen molar-refractivity contribution in [2.75, 3.05) is 11.9 Å². The van der Waals surface area contributed by atoms with E-state index in [1.54, 1.807) is 0 Å². The molecular formula is C11H12ClN3O4. The van der Waals surface area contributed by atoms with Crippen LogP contribution in [0.15, 0.2) is 18.2 Å². The maximum absolute atomic E-state index is 11.4. The fraction of sp³-hybridized carbons (Fsp3) is 0.182. The van der Waals surface area contributed by atoms with Crippen molar-refractivity contribution < 1.29 is 19.5 Å². The third kappa shape index (κ3) is 4.84. The Morgan fingerprint density at radius 2 is 2.00 bits per heavy atom. The van der Waals surface area contributed by atoms with Crippen molar-refractivity contribution in [3.63, 3.8) is 0 Å². The summed E-state index contributed by atoms with van der Waals surface area (Å²) in [5.41, 5.74) is 5.20. The van der Waals surface area contributed by atoms with Gasteiger partial charge in [0, 0.05) is 18.7 Å². The Kier molecular flexibility index (Phi) is 5.13. The van der Waals surface area contributed by atoms with Gasteiger partial charge in [0.15, 0.2) is 0 Å². The second kappa shape index (κ2) is 6.60. The first-order valence-electron chi connectivity index (χ1n) is 5.26. The lowest BCUT2D eigenvalue weighted by Crippen LogP contribution is -2.31. The van der Waals surface area contributed by atoms with Gasteiger partial charge in [-0.05, 0) is 18.2 Å². The minimum Gasteiger partial charge on any atom is -0.478 e. The van der Waals surface area contributed by atoms with E-state index in [9.17, 15) is 14.4 Å². The standard InChI is InChI=1S/C11H12ClN3O4/c12-8-5-6(1-2-7(8)10(17)18)15-11(19)14-4-3-9(13)16/h1-2,5H,3-4H2,(H2,13,16)(H,17,18)(H2,14,15,19). The third-order valence-corrected chi connectivity index (χ3v) is 2.43. The lowest BCUT2D eigenvalue weighted by molar-refractivity contribution is -0.117. The summed E-state index contributed by atoms with van der Waals surface area (Å²) in [7, 11) is 0. The topological polar surface area (TPSA) is 122 Å². The highest BCUT2D eigenvalue weighted by Gasteiger charge is 2.10. The van der Waals surface area contributed by atoms with Gasteiger partial charge < -0.3 is 21.5 Å². The molecule has 8 heteroatoms. The molecule has 1 aromatic rings. The average Bonchev–Trinajstić information content (AvgIpc) is 2.27. The van der Waals surface area contributed by atoms with Crippen molar-refractivity contribution in [2.45, 2.75) is 6.42 Å². The van der Waals surface area contributed by atoms with E-state index < -0.39 is 17.9 Å². The number of rotatable bonds is 5. The number of carbonyl (C=O) groups excluding carboxylic acids is 2. The summed E-state index contributed by atoms with van der Waals surface area (Å²) >= 11 is 5.74. The highest BCUT2D eigenvalue weighted by atomic mass is 35.5. The van der Waals surface area contributed by atoms with E-state index in [-0.39, 0.29) is 23.6 Å². The van der Waals surface area contributed by atoms with E-state index in [1.165, 1.54) is 18.2 Å². The molecule has 3 amide bonds. The van der Waals surface area contributed by atoms with Crippen LogP contribution in [0.5, 0.6) is 0 Å². The molecule has 0 saturated heterocycles. The fourth-order valence-corrected chi connectivity index (χ4v) is 1.50. The fourth-order valence-electron chi connectivity index (χ4n) is 1.24. The van der Waals surface area contributed by atoms with Crippen molar-refractivity contribution in [1.29, 1.82) is 0 Å². The van der Waals surface area contributed by atoms with Crippen LogP contribution in [0.2, 0.25) is 5.02 Å². The highest BCUT2D eigenvalue weighted by Crippen LogP contribution is 2.20. The number of hydrogen-bond acceptors (Lipinski definition) is 3. The van der Waals surface area contributed by atoms with Gasteiger partial charge in [-0.15, -0.1) is 0 Å². The second-order valence-corrected chi connectivity index (χ2v) is 4.00. The molecule has 0 aromatic heterocycles. The van der Waals surface area contributed by atoms with Gasteiger partial charge in [0.2, 0.25) is 5.91 Å². The van der Waals surface area contributed by atoms with Gasteiger partial charge in [-0.3, -0.25) is 4.79 Å². The predicted octanol–water partition coefficient (Wildman–Crippen LogP) is 1.04. The molecule has 0 aliphatic heterocycles. The molecular weight excluding hydrogens is 274 g/mol. The van der Waals surface area contributed by atoms with Crippen molar-refractivity contribution in [1.82, 2.24) is 5.32 Å². The van der Waals surface area contributed by atoms with Gasteiger partial charge >= 0.3 is 12.0 Å². The number of halogens is 1. The summed E-state index contributed by atoms with van der Waals surface area (Å²) in [5.74, 6) is -1.67. The zero-order valence-electron chi connectivity index (χ0n) is 9.77. The van der Waals surface area contributed by atoms with Crippen LogP contribution in [0.3, 0.4) is 0 Å². The van der Waals surface area contributed by atoms with Crippen LogP contribution < -0.4 is 16.4 Å². The van der Waals surface area contributed by atoms with Crippen molar-refractivity contribution in [3.8, 4) is 0 Å². The maximum atomic E-state index is 11.4. The van der Waals surface area contributed by atoms with Crippen LogP contribution in [0.1, 0.15) is 16.8 Å². The van der Waals surface area contributed by atoms with Gasteiger partial charge in [-0.2, -0.15) is 0 Å². The minimum atomic E-state index is -1.15. The van der Waals surface area contributed by atoms with Gasteiger partial charge in [0.05, 0.1) is 10.6 Å². The van der Waals surface area contributed by atoms with E-state index in [1.807, 2.05) is 0 Å². The number of carboxylic acids is 1. The van der Waals surface area contributed by atoms with Gasteiger partial charge in [-0.25, -0.2) is 9.59 Å². The Bertz CT molecular complexity index is 519. The number of nitrogens with one attached hydrogen (secondary N) is 2. The third-order valence-electron chi connectivity index (χ3n) is 2.11. The normalized spacial score (nSPS) is 9.74. The van der Waals surface area contributed by atoms with Gasteiger partial charge in [0.1, 0.15) is 0 Å². The molecule has 0 aliphatic rings. The Labute approximate surface area is 113 Å². The minimum absolute atomic E-state index is 0.0161. The molecule has 0 heterocycles. The summed E-state index contributed by atoms with van der Waals surface area (Å²) in [6.45, 7) is 0.113. The zero-order valence-corrected chi connectivity index (χ0v) is 10.5. The summed E-state index contributed by atoms with van der Waals surface area (Å²) in [5, 5.41) is 13.6. The number of aromatic carboxylic acids is 1. The Morgan fingerprint density at radius 3 is 2.53 bits per heavy atom. The molecule has 0 aliphatic carbocycles. The van der Waals surface area contributed by atoms with Crippen molar-refractivity contribution >= 4 is 35.2 Å². The number of anilines is 1. The summed E-state index contributed by atoms with van der Waals surface area (Å²) < 4.78 is 0. The van der Waals surface area contributed by atoms with E-state index in [0.29, 0.717) is 5.69 Å². The molecule has 0 radical (unpaired) electrons. The molecule has 0 saturated carbocycles. The molecule has 0 unspecified atom stereocenters. The van der Waals surface area contributed by atoms with Crippen LogP contribution in [-0.2, 0) is 4.79 Å². The van der Waals surface area contributed by atoms with Crippen LogP contribution in [0, 0.1) is 0 Å². The number of urea groups is 1. The Hall–Kier alpha value is -2.28. The van der Waals surface area contributed by atoms with E-state index in [4.69, 9.17) is 22.4 Å². The van der Waals surface area contributed by atoms with E-state index in [0.717, 1.165) is 0 Å². The second-order valence-electron chi connectivity index (χ2n) is 3.60. The van der Waals surface area contributed by atoms with Crippen molar-refractivity contribution in [2.24, 2.45) is 5.73 Å². The maximum Gasteiger partial charge on any atom is 0.337 e. The molecule has 0 bridgehead atoms. The van der Waals surface area contributed by atoms with Crippen molar-refractivity contribution in [3.05, 3.63) is 28.8 Å². The average molecular weight is 286 g/mol. The number of carbonyl (C=O) groups is 3. The molecule has 0 atom stereocenters. The monoisotopic (exact) mass is 285 g/mol. The van der Waals surface area contributed by atoms with Crippen LogP contribution in [0.4, 0.5) is 10.5 Å². The lowest BCUT2D eigenvalue weighted by atomic mass is 10.2.